The number of aromatic nitrogens is 1. The molecule has 0 radical (unpaired) electrons. The van der Waals surface area contributed by atoms with Crippen LogP contribution in [-0.2, 0) is 44.4 Å². The average molecular weight is 1070 g/mol. The number of methoxy groups -OCH3 is 1. The molecular formula is C58H95N3O15. The molecule has 432 valence electrons. The second-order valence-electron chi connectivity index (χ2n) is 24.2. The van der Waals surface area contributed by atoms with Crippen LogP contribution in [-0.4, -0.2) is 190 Å². The molecule has 18 nitrogen and oxygen atoms in total. The van der Waals surface area contributed by atoms with Gasteiger partial charge in [0.1, 0.15) is 35.6 Å². The fourth-order valence-electron chi connectivity index (χ4n) is 13.0. The third kappa shape index (κ3) is 14.2. The number of hydrogen-bond donors (Lipinski definition) is 5. The number of hydrogen-bond acceptors (Lipinski definition) is 16. The Morgan fingerprint density at radius 2 is 1.61 bits per heavy atom. The topological polar surface area (TPSA) is 228 Å². The van der Waals surface area contributed by atoms with Crippen molar-refractivity contribution in [1.82, 2.24) is 14.4 Å². The first-order valence-corrected chi connectivity index (χ1v) is 28.2. The third-order valence-electron chi connectivity index (χ3n) is 17.5. The number of carboxylic acid groups (broad SMARTS) is 1. The Labute approximate surface area is 451 Å². The van der Waals surface area contributed by atoms with E-state index in [1.165, 1.54) is 13.1 Å². The van der Waals surface area contributed by atoms with Gasteiger partial charge in [-0.25, -0.2) is 4.79 Å². The monoisotopic (exact) mass is 1070 g/mol. The van der Waals surface area contributed by atoms with Crippen LogP contribution in [0.15, 0.2) is 29.2 Å². The molecule has 1 saturated carbocycles. The lowest BCUT2D eigenvalue weighted by molar-refractivity contribution is -0.303. The van der Waals surface area contributed by atoms with E-state index in [1.807, 2.05) is 95.3 Å². The van der Waals surface area contributed by atoms with Crippen LogP contribution in [0, 0.1) is 23.7 Å². The van der Waals surface area contributed by atoms with Crippen molar-refractivity contribution in [2.24, 2.45) is 23.7 Å². The van der Waals surface area contributed by atoms with E-state index < -0.39 is 107 Å². The molecule has 18 heteroatoms. The minimum absolute atomic E-state index is 0.149. The SMILES string of the molecule is CC[C@H]1OC(=O)[C@H](C)C([C@H]2C[C@@](C)(OC)[C@@H](OCCCOCCCCc3ccc4c(c3)c(=O)c(C(=O)O)cn4C3CC3)[C@H](C)O2)[C@H](C)[C@@H](O[C@@H]2O[C@H](C)C[C@H](N(C)C)[C@H]2O)[C@](C)(O)C[C@@H](C)CN(C)[C@H](C)[C@@H](O)[C@]1(C)O. The number of aromatic carboxylic acids is 1. The lowest BCUT2D eigenvalue weighted by Gasteiger charge is -2.52. The Bertz CT molecular complexity index is 2290. The summed E-state index contributed by atoms with van der Waals surface area (Å²) in [5, 5.41) is 58.6. The van der Waals surface area contributed by atoms with E-state index in [2.05, 4.69) is 0 Å². The molecule has 0 amide bonds. The molecule has 4 fully saturated rings. The molecule has 3 saturated heterocycles. The lowest BCUT2D eigenvalue weighted by atomic mass is 9.68. The number of nitrogens with zero attached hydrogens (tertiary/aromatic N) is 3. The van der Waals surface area contributed by atoms with Gasteiger partial charge in [-0.2, -0.15) is 0 Å². The van der Waals surface area contributed by atoms with Crippen LogP contribution < -0.4 is 5.43 Å². The van der Waals surface area contributed by atoms with Gasteiger partial charge in [0.25, 0.3) is 0 Å². The number of carbonyl (C=O) groups is 2. The molecule has 4 heterocycles. The maximum atomic E-state index is 14.8. The van der Waals surface area contributed by atoms with Gasteiger partial charge in [0.05, 0.1) is 47.1 Å². The number of fused-ring (bicyclic) bond motifs is 1. The zero-order valence-corrected chi connectivity index (χ0v) is 48.1. The molecule has 2 aromatic rings. The van der Waals surface area contributed by atoms with Crippen LogP contribution >= 0.6 is 0 Å². The number of likely N-dealkylation sites (N-methyl/N-ethyl adjacent to an activating group) is 2. The van der Waals surface area contributed by atoms with Crippen molar-refractivity contribution in [3.05, 3.63) is 45.7 Å². The number of rotatable bonds is 18. The maximum absolute atomic E-state index is 14.8. The summed E-state index contributed by atoms with van der Waals surface area (Å²) in [4.78, 5) is 43.6. The molecule has 76 heavy (non-hydrogen) atoms. The van der Waals surface area contributed by atoms with Gasteiger partial charge >= 0.3 is 11.9 Å². The maximum Gasteiger partial charge on any atom is 0.341 e. The molecule has 1 aromatic carbocycles. The van der Waals surface area contributed by atoms with Crippen molar-refractivity contribution in [3.63, 3.8) is 0 Å². The summed E-state index contributed by atoms with van der Waals surface area (Å²) in [6.45, 7) is 20.3. The number of benzene rings is 1. The number of aliphatic hydroxyl groups is 4. The number of ether oxygens (including phenoxy) is 7. The Morgan fingerprint density at radius 1 is 0.921 bits per heavy atom. The first-order chi connectivity index (χ1) is 35.7. The third-order valence-corrected chi connectivity index (χ3v) is 17.5. The van der Waals surface area contributed by atoms with E-state index in [-0.39, 0.29) is 42.5 Å². The standard InChI is InChI=1S/C58H95N3O15/c1-15-46-58(10,69)50(64)37(6)60(13)31-33(2)29-56(8,68)51(76-55-49(63)44(59(11)12)27-34(3)73-55)35(4)47(36(5)54(67)75-46)45-30-57(9,70-14)52(38(7)74-45)72-26-18-25-71-24-17-16-19-39-20-23-43-41(28-39)48(62)42(53(65)66)32-61(43)40-21-22-40/h20,23,28,32-38,40,44-47,49-52,55,63-64,68-69H,15-19,21-22,24-27,29-31H2,1-14H3,(H,65,66)/t33-,34-,35+,36-,37-,38+,44+,45-,46-,47?,49-,50-,51-,52+,55+,56-,57-,58-/m1/s1. The Kier molecular flexibility index (Phi) is 21.2. The summed E-state index contributed by atoms with van der Waals surface area (Å²) in [6, 6.07) is 5.18. The van der Waals surface area contributed by atoms with E-state index >= 15 is 0 Å². The van der Waals surface area contributed by atoms with Gasteiger partial charge < -0.3 is 73.1 Å². The highest BCUT2D eigenvalue weighted by atomic mass is 16.7. The summed E-state index contributed by atoms with van der Waals surface area (Å²) < 4.78 is 47.4. The highest BCUT2D eigenvalue weighted by Crippen LogP contribution is 2.46. The molecule has 1 unspecified atom stereocenters. The fraction of sp³-hybridized carbons (Fsp3) is 0.810. The second kappa shape index (κ2) is 26.0. The molecule has 5 N–H and O–H groups in total. The van der Waals surface area contributed by atoms with Gasteiger partial charge in [0, 0.05) is 75.5 Å². The fourth-order valence-corrected chi connectivity index (χ4v) is 13.0. The van der Waals surface area contributed by atoms with Crippen molar-refractivity contribution in [2.45, 2.75) is 223 Å². The molecule has 6 rings (SSSR count). The molecule has 1 aliphatic carbocycles. The highest BCUT2D eigenvalue weighted by molar-refractivity contribution is 5.92. The van der Waals surface area contributed by atoms with Crippen molar-refractivity contribution in [2.75, 3.05) is 54.6 Å². The molecule has 0 bridgehead atoms. The van der Waals surface area contributed by atoms with E-state index in [9.17, 15) is 39.9 Å². The smallest absolute Gasteiger partial charge is 0.341 e. The predicted molar refractivity (Wildman–Crippen MR) is 288 cm³/mol. The van der Waals surface area contributed by atoms with Gasteiger partial charge in [0.2, 0.25) is 5.43 Å². The summed E-state index contributed by atoms with van der Waals surface area (Å²) >= 11 is 0. The van der Waals surface area contributed by atoms with Crippen LogP contribution in [0.3, 0.4) is 0 Å². The zero-order chi connectivity index (χ0) is 56.2. The molecule has 4 aliphatic rings. The van der Waals surface area contributed by atoms with Crippen LogP contribution in [0.2, 0.25) is 0 Å². The van der Waals surface area contributed by atoms with Gasteiger partial charge in [-0.3, -0.25) is 9.59 Å². The highest BCUT2D eigenvalue weighted by Gasteiger charge is 2.55. The number of cyclic esters (lactones) is 1. The average Bonchev–Trinajstić information content (AvgIpc) is 4.20. The normalized spacial score (nSPS) is 38.7. The Morgan fingerprint density at radius 3 is 2.24 bits per heavy atom. The number of carboxylic acids is 1. The van der Waals surface area contributed by atoms with Crippen molar-refractivity contribution < 1.29 is 68.3 Å². The lowest BCUT2D eigenvalue weighted by Crippen LogP contribution is -2.62. The van der Waals surface area contributed by atoms with Gasteiger partial charge in [-0.05, 0) is 150 Å². The van der Waals surface area contributed by atoms with Crippen molar-refractivity contribution in [3.8, 4) is 0 Å². The largest absolute Gasteiger partial charge is 0.477 e. The Hall–Kier alpha value is -3.11. The van der Waals surface area contributed by atoms with E-state index in [1.54, 1.807) is 27.9 Å². The molecule has 3 aliphatic heterocycles. The van der Waals surface area contributed by atoms with E-state index in [0.717, 1.165) is 43.2 Å². The first kappa shape index (κ1) is 62.1. The number of unbranched alkanes of at least 4 members (excludes halogenated alkanes) is 1. The van der Waals surface area contributed by atoms with Gasteiger partial charge in [0.15, 0.2) is 6.29 Å². The first-order valence-electron chi connectivity index (χ1n) is 28.2. The predicted octanol–water partition coefficient (Wildman–Crippen LogP) is 5.98. The number of esters is 1. The van der Waals surface area contributed by atoms with Crippen LogP contribution in [0.4, 0.5) is 0 Å². The number of carbonyl (C=O) groups excluding carboxylic acids is 1. The quantitative estimate of drug-likeness (QED) is 0.0855. The van der Waals surface area contributed by atoms with Crippen LogP contribution in [0.5, 0.6) is 0 Å². The Balaban J connectivity index is 1.16. The number of pyridine rings is 1. The summed E-state index contributed by atoms with van der Waals surface area (Å²) in [5.74, 6) is -4.19. The van der Waals surface area contributed by atoms with Crippen LogP contribution in [0.25, 0.3) is 10.9 Å². The molecule has 18 atom stereocenters. The van der Waals surface area contributed by atoms with Crippen molar-refractivity contribution in [1.29, 1.82) is 0 Å². The number of aryl methyl sites for hydroxylation is 1. The zero-order valence-electron chi connectivity index (χ0n) is 48.1. The van der Waals surface area contributed by atoms with E-state index in [0.29, 0.717) is 51.0 Å². The molecular weight excluding hydrogens is 979 g/mol. The minimum atomic E-state index is -1.81. The second-order valence-corrected chi connectivity index (χ2v) is 24.2. The van der Waals surface area contributed by atoms with Gasteiger partial charge in [-0.1, -0.05) is 33.8 Å². The number of aliphatic hydroxyl groups excluding tert-OH is 2. The van der Waals surface area contributed by atoms with Gasteiger partial charge in [-0.15, -0.1) is 0 Å². The summed E-state index contributed by atoms with van der Waals surface area (Å²) in [5.41, 5.74) is -3.17. The van der Waals surface area contributed by atoms with E-state index in [4.69, 9.17) is 33.2 Å². The minimum Gasteiger partial charge on any atom is -0.477 e. The molecule has 1 aromatic heterocycles. The molecule has 0 spiro atoms. The summed E-state index contributed by atoms with van der Waals surface area (Å²) in [6.07, 6.45) is 0.245. The summed E-state index contributed by atoms with van der Waals surface area (Å²) in [7, 11) is 7.31. The van der Waals surface area contributed by atoms with Crippen LogP contribution in [0.1, 0.15) is 149 Å². The van der Waals surface area contributed by atoms with Crippen molar-refractivity contribution >= 4 is 22.8 Å².